The number of ether oxygens (including phenoxy) is 2. The molecule has 36 heavy (non-hydrogen) atoms. The van der Waals surface area contributed by atoms with Gasteiger partial charge in [0.15, 0.2) is 0 Å². The Kier molecular flexibility index (Phi) is 8.21. The zero-order valence-corrected chi connectivity index (χ0v) is 21.0. The number of benzene rings is 1. The van der Waals surface area contributed by atoms with Gasteiger partial charge in [0.2, 0.25) is 5.95 Å². The number of aromatic nitrogens is 2. The van der Waals surface area contributed by atoms with Crippen molar-refractivity contribution >= 4 is 24.0 Å². The maximum Gasteiger partial charge on any atom is 0.415 e. The molecule has 0 aliphatic carbocycles. The Bertz CT molecular complexity index is 1060. The van der Waals surface area contributed by atoms with Gasteiger partial charge >= 0.3 is 12.2 Å². The van der Waals surface area contributed by atoms with E-state index in [0.29, 0.717) is 51.1 Å². The van der Waals surface area contributed by atoms with E-state index in [0.717, 1.165) is 17.5 Å². The summed E-state index contributed by atoms with van der Waals surface area (Å²) in [5.41, 5.74) is 3.03. The lowest BCUT2D eigenvalue weighted by Crippen LogP contribution is -2.49. The smallest absolute Gasteiger partial charge is 0.415 e. The Balaban J connectivity index is 1.44. The molecular formula is C25H34N6O5. The van der Waals surface area contributed by atoms with Gasteiger partial charge in [0.1, 0.15) is 12.4 Å². The molecule has 0 radical (unpaired) electrons. The van der Waals surface area contributed by atoms with Crippen LogP contribution in [-0.2, 0) is 16.1 Å². The quantitative estimate of drug-likeness (QED) is 0.535. The molecule has 2 aliphatic rings. The van der Waals surface area contributed by atoms with Crippen molar-refractivity contribution in [3.63, 3.8) is 0 Å². The molecule has 3 heterocycles. The number of piperazine rings is 1. The molecule has 194 valence electrons. The number of carbonyl (C=O) groups is 2. The summed E-state index contributed by atoms with van der Waals surface area (Å²) < 4.78 is 10.5. The maximum atomic E-state index is 12.0. The van der Waals surface area contributed by atoms with Crippen LogP contribution in [-0.4, -0.2) is 83.5 Å². The summed E-state index contributed by atoms with van der Waals surface area (Å²) in [6.45, 7) is 7.58. The van der Waals surface area contributed by atoms with Crippen LogP contribution in [0.5, 0.6) is 0 Å². The predicted molar refractivity (Wildman–Crippen MR) is 134 cm³/mol. The fourth-order valence-corrected chi connectivity index (χ4v) is 4.68. The van der Waals surface area contributed by atoms with Crippen molar-refractivity contribution in [2.24, 2.45) is 0 Å². The van der Waals surface area contributed by atoms with Crippen LogP contribution in [0.15, 0.2) is 30.5 Å². The molecule has 2 aliphatic heterocycles. The van der Waals surface area contributed by atoms with Gasteiger partial charge in [-0.25, -0.2) is 14.6 Å². The van der Waals surface area contributed by atoms with Crippen LogP contribution in [0.3, 0.4) is 0 Å². The molecule has 1 fully saturated rings. The lowest BCUT2D eigenvalue weighted by molar-refractivity contribution is 0.0709. The Hall–Kier alpha value is -3.44. The molecule has 11 heteroatoms. The lowest BCUT2D eigenvalue weighted by atomic mass is 9.98. The molecule has 1 aromatic heterocycles. The number of fused-ring (bicyclic) bond motifs is 1. The topological polar surface area (TPSA) is 120 Å². The first kappa shape index (κ1) is 25.6. The third-order valence-corrected chi connectivity index (χ3v) is 6.77. The number of cyclic esters (lactones) is 1. The molecule has 2 N–H and O–H groups in total. The summed E-state index contributed by atoms with van der Waals surface area (Å²) in [6, 6.07) is 8.53. The SMILES string of the molecule is CCN1C(=O)OCc2cnc(N[C@@H](C)c3ccc([C@H](CCOC)N4CCN(C(=O)O)CC4)cc3)nc21. The number of carbonyl (C=O) groups excluding carboxylic acids is 1. The van der Waals surface area contributed by atoms with Crippen LogP contribution in [0, 0.1) is 0 Å². The van der Waals surface area contributed by atoms with Gasteiger partial charge in [0.25, 0.3) is 0 Å². The van der Waals surface area contributed by atoms with Crippen molar-refractivity contribution in [1.82, 2.24) is 19.8 Å². The second kappa shape index (κ2) is 11.5. The number of methoxy groups -OCH3 is 1. The van der Waals surface area contributed by atoms with Gasteiger partial charge in [-0.05, 0) is 31.4 Å². The van der Waals surface area contributed by atoms with Crippen LogP contribution >= 0.6 is 0 Å². The van der Waals surface area contributed by atoms with Gasteiger partial charge in [0.05, 0.1) is 11.6 Å². The first-order valence-corrected chi connectivity index (χ1v) is 12.3. The third-order valence-electron chi connectivity index (χ3n) is 6.77. The van der Waals surface area contributed by atoms with Crippen LogP contribution in [0.25, 0.3) is 0 Å². The Morgan fingerprint density at radius 3 is 2.53 bits per heavy atom. The van der Waals surface area contributed by atoms with Gasteiger partial charge < -0.3 is 24.8 Å². The molecule has 2 atom stereocenters. The summed E-state index contributed by atoms with van der Waals surface area (Å²) in [4.78, 5) is 37.6. The first-order chi connectivity index (χ1) is 17.4. The average molecular weight is 499 g/mol. The van der Waals surface area contributed by atoms with Gasteiger partial charge in [-0.2, -0.15) is 4.98 Å². The van der Waals surface area contributed by atoms with E-state index in [-0.39, 0.29) is 18.7 Å². The largest absolute Gasteiger partial charge is 0.465 e. The highest BCUT2D eigenvalue weighted by Gasteiger charge is 2.28. The monoisotopic (exact) mass is 498 g/mol. The summed E-state index contributed by atoms with van der Waals surface area (Å²) in [5, 5.41) is 12.6. The molecule has 11 nitrogen and oxygen atoms in total. The van der Waals surface area contributed by atoms with Gasteiger partial charge in [-0.1, -0.05) is 24.3 Å². The minimum absolute atomic E-state index is 0.0562. The average Bonchev–Trinajstić information content (AvgIpc) is 2.89. The van der Waals surface area contributed by atoms with Crippen LogP contribution in [0.2, 0.25) is 0 Å². The van der Waals surface area contributed by atoms with Crippen LogP contribution < -0.4 is 10.2 Å². The van der Waals surface area contributed by atoms with E-state index in [1.165, 1.54) is 15.4 Å². The van der Waals surface area contributed by atoms with E-state index < -0.39 is 12.2 Å². The Morgan fingerprint density at radius 1 is 1.19 bits per heavy atom. The molecule has 1 aromatic carbocycles. The predicted octanol–water partition coefficient (Wildman–Crippen LogP) is 3.50. The van der Waals surface area contributed by atoms with E-state index in [2.05, 4.69) is 44.5 Å². The molecule has 2 amide bonds. The van der Waals surface area contributed by atoms with Gasteiger partial charge in [-0.3, -0.25) is 9.80 Å². The number of amides is 2. The number of nitrogens with one attached hydrogen (secondary N) is 1. The van der Waals surface area contributed by atoms with Gasteiger partial charge in [0, 0.05) is 58.7 Å². The highest BCUT2D eigenvalue weighted by atomic mass is 16.6. The van der Waals surface area contributed by atoms with E-state index in [1.807, 2.05) is 13.8 Å². The van der Waals surface area contributed by atoms with E-state index in [9.17, 15) is 14.7 Å². The zero-order chi connectivity index (χ0) is 25.7. The zero-order valence-electron chi connectivity index (χ0n) is 21.0. The fraction of sp³-hybridized carbons (Fsp3) is 0.520. The fourth-order valence-electron chi connectivity index (χ4n) is 4.68. The molecule has 0 saturated carbocycles. The standard InChI is InChI=1S/C25H34N6O5/c1-4-31-22-20(16-36-25(31)34)15-26-23(28-22)27-17(2)18-5-7-19(8-6-18)21(9-14-35-3)29-10-12-30(13-11-29)24(32)33/h5-8,15,17,21H,4,9-14,16H2,1-3H3,(H,32,33)(H,26,27,28)/t17-,21-/m0/s1. The molecule has 2 aromatic rings. The van der Waals surface area contributed by atoms with Crippen LogP contribution in [0.4, 0.5) is 21.4 Å². The third kappa shape index (κ3) is 5.68. The number of rotatable bonds is 9. The van der Waals surface area contributed by atoms with E-state index >= 15 is 0 Å². The molecular weight excluding hydrogens is 464 g/mol. The summed E-state index contributed by atoms with van der Waals surface area (Å²) in [7, 11) is 1.70. The molecule has 1 saturated heterocycles. The second-order valence-corrected chi connectivity index (χ2v) is 8.98. The number of carboxylic acid groups (broad SMARTS) is 1. The molecule has 0 spiro atoms. The van der Waals surface area contributed by atoms with E-state index in [1.54, 1.807) is 13.3 Å². The normalized spacial score (nSPS) is 17.8. The number of hydrogen-bond donors (Lipinski definition) is 2. The number of nitrogens with zero attached hydrogens (tertiary/aromatic N) is 5. The Morgan fingerprint density at radius 2 is 1.89 bits per heavy atom. The highest BCUT2D eigenvalue weighted by molar-refractivity contribution is 5.89. The minimum atomic E-state index is -0.862. The van der Waals surface area contributed by atoms with Crippen molar-refractivity contribution in [3.8, 4) is 0 Å². The van der Waals surface area contributed by atoms with Crippen molar-refractivity contribution in [3.05, 3.63) is 47.2 Å². The van der Waals surface area contributed by atoms with Crippen LogP contribution in [0.1, 0.15) is 49.0 Å². The Labute approximate surface area is 211 Å². The number of anilines is 2. The highest BCUT2D eigenvalue weighted by Crippen LogP contribution is 2.29. The van der Waals surface area contributed by atoms with Crippen molar-refractivity contribution in [2.75, 3.05) is 56.7 Å². The summed E-state index contributed by atoms with van der Waals surface area (Å²) in [6.07, 6.45) is 1.26. The maximum absolute atomic E-state index is 12.0. The second-order valence-electron chi connectivity index (χ2n) is 8.98. The molecule has 0 bridgehead atoms. The van der Waals surface area contributed by atoms with Crippen molar-refractivity contribution in [1.29, 1.82) is 0 Å². The summed E-state index contributed by atoms with van der Waals surface area (Å²) >= 11 is 0. The number of hydrogen-bond acceptors (Lipinski definition) is 8. The summed E-state index contributed by atoms with van der Waals surface area (Å²) in [5.74, 6) is 1.03. The minimum Gasteiger partial charge on any atom is -0.465 e. The van der Waals surface area contributed by atoms with Gasteiger partial charge in [-0.15, -0.1) is 0 Å². The lowest BCUT2D eigenvalue weighted by Gasteiger charge is -2.38. The van der Waals surface area contributed by atoms with Crippen molar-refractivity contribution in [2.45, 2.75) is 39.0 Å². The van der Waals surface area contributed by atoms with Crippen molar-refractivity contribution < 1.29 is 24.2 Å². The first-order valence-electron chi connectivity index (χ1n) is 12.3. The van der Waals surface area contributed by atoms with E-state index in [4.69, 9.17) is 9.47 Å². The molecule has 4 rings (SSSR count). The molecule has 0 unspecified atom stereocenters.